The predicted octanol–water partition coefficient (Wildman–Crippen LogP) is 2.05. The third kappa shape index (κ3) is 1.66. The van der Waals surface area contributed by atoms with Crippen LogP contribution < -0.4 is 0 Å². The van der Waals surface area contributed by atoms with Gasteiger partial charge in [-0.15, -0.1) is 0 Å². The van der Waals surface area contributed by atoms with E-state index in [1.807, 2.05) is 6.92 Å². The molecule has 0 aliphatic heterocycles. The smallest absolute Gasteiger partial charge is 0.128 e. The average Bonchev–Trinajstić information content (AvgIpc) is 2.71. The van der Waals surface area contributed by atoms with E-state index in [-0.39, 0.29) is 11.5 Å². The molecule has 3 N–H and O–H groups in total. The van der Waals surface area contributed by atoms with Crippen molar-refractivity contribution in [3.63, 3.8) is 0 Å². The first-order valence-corrected chi connectivity index (χ1v) is 4.76. The Balaban J connectivity index is 2.57. The fraction of sp³-hybridized carbons (Fsp3) is 0.182. The lowest BCUT2D eigenvalue weighted by atomic mass is 10.0. The highest BCUT2D eigenvalue weighted by atomic mass is 16.3. The number of aromatic amines is 1. The average molecular weight is 204 g/mol. The minimum absolute atomic E-state index is 0.0500. The van der Waals surface area contributed by atoms with E-state index in [4.69, 9.17) is 0 Å². The van der Waals surface area contributed by atoms with E-state index in [1.54, 1.807) is 18.6 Å². The van der Waals surface area contributed by atoms with Gasteiger partial charge in [0.05, 0.1) is 18.2 Å². The largest absolute Gasteiger partial charge is 0.508 e. The maximum atomic E-state index is 9.68. The highest BCUT2D eigenvalue weighted by molar-refractivity contribution is 5.69. The molecule has 0 aliphatic carbocycles. The van der Waals surface area contributed by atoms with E-state index in [0.717, 1.165) is 11.3 Å². The molecule has 78 valence electrons. The molecule has 1 aromatic carbocycles. The second kappa shape index (κ2) is 3.65. The van der Waals surface area contributed by atoms with Crippen LogP contribution in [0, 0.1) is 0 Å². The van der Waals surface area contributed by atoms with Gasteiger partial charge in [0, 0.05) is 11.6 Å². The maximum Gasteiger partial charge on any atom is 0.128 e. The van der Waals surface area contributed by atoms with Crippen LogP contribution in [0.5, 0.6) is 11.5 Å². The van der Waals surface area contributed by atoms with Crippen molar-refractivity contribution >= 4 is 0 Å². The molecule has 15 heavy (non-hydrogen) atoms. The van der Waals surface area contributed by atoms with Gasteiger partial charge in [-0.05, 0) is 18.1 Å². The Hall–Kier alpha value is -1.97. The molecule has 0 fully saturated rings. The molecule has 0 amide bonds. The zero-order chi connectivity index (χ0) is 10.8. The summed E-state index contributed by atoms with van der Waals surface area (Å²) >= 11 is 0. The highest BCUT2D eigenvalue weighted by Crippen LogP contribution is 2.33. The first kappa shape index (κ1) is 9.58. The van der Waals surface area contributed by atoms with Crippen LogP contribution in [0.15, 0.2) is 24.7 Å². The van der Waals surface area contributed by atoms with Crippen molar-refractivity contribution in [3.05, 3.63) is 30.2 Å². The number of H-pyrrole nitrogens is 1. The van der Waals surface area contributed by atoms with Crippen molar-refractivity contribution in [2.45, 2.75) is 13.3 Å². The molecule has 2 rings (SSSR count). The fourth-order valence-corrected chi connectivity index (χ4v) is 1.52. The van der Waals surface area contributed by atoms with Crippen LogP contribution in [0.4, 0.5) is 0 Å². The molecular formula is C11H12N2O2. The second-order valence-electron chi connectivity index (χ2n) is 3.32. The van der Waals surface area contributed by atoms with Crippen molar-refractivity contribution in [3.8, 4) is 22.8 Å². The zero-order valence-electron chi connectivity index (χ0n) is 8.36. The summed E-state index contributed by atoms with van der Waals surface area (Å²) in [5.74, 6) is 0.173. The highest BCUT2D eigenvalue weighted by Gasteiger charge is 2.09. The Labute approximate surface area is 87.2 Å². The number of nitrogens with zero attached hydrogens (tertiary/aromatic N) is 1. The topological polar surface area (TPSA) is 69.1 Å². The van der Waals surface area contributed by atoms with Gasteiger partial charge < -0.3 is 15.2 Å². The first-order chi connectivity index (χ1) is 7.22. The molecule has 0 bridgehead atoms. The Kier molecular flexibility index (Phi) is 2.33. The Morgan fingerprint density at radius 1 is 1.27 bits per heavy atom. The number of phenols is 2. The van der Waals surface area contributed by atoms with Crippen LogP contribution in [0.2, 0.25) is 0 Å². The molecule has 0 radical (unpaired) electrons. The number of hydrogen-bond acceptors (Lipinski definition) is 3. The molecule has 1 aromatic heterocycles. The number of phenolic OH excluding ortho intramolecular Hbond substituents is 2. The first-order valence-electron chi connectivity index (χ1n) is 4.76. The molecule has 0 saturated carbocycles. The van der Waals surface area contributed by atoms with Crippen molar-refractivity contribution < 1.29 is 10.2 Å². The number of rotatable bonds is 2. The Morgan fingerprint density at radius 2 is 2.07 bits per heavy atom. The van der Waals surface area contributed by atoms with Gasteiger partial charge in [-0.1, -0.05) is 6.92 Å². The number of benzene rings is 1. The van der Waals surface area contributed by atoms with Gasteiger partial charge in [0.1, 0.15) is 11.5 Å². The van der Waals surface area contributed by atoms with Crippen LogP contribution in [-0.2, 0) is 6.42 Å². The summed E-state index contributed by atoms with van der Waals surface area (Å²) in [7, 11) is 0. The minimum atomic E-state index is 0.0500. The van der Waals surface area contributed by atoms with Crippen molar-refractivity contribution in [2.75, 3.05) is 0 Å². The van der Waals surface area contributed by atoms with Gasteiger partial charge in [0.15, 0.2) is 0 Å². The van der Waals surface area contributed by atoms with E-state index in [1.165, 1.54) is 6.07 Å². The van der Waals surface area contributed by atoms with Gasteiger partial charge in [-0.2, -0.15) is 0 Å². The molecule has 0 atom stereocenters. The summed E-state index contributed by atoms with van der Waals surface area (Å²) in [5.41, 5.74) is 2.20. The van der Waals surface area contributed by atoms with Crippen LogP contribution in [-0.4, -0.2) is 20.2 Å². The lowest BCUT2D eigenvalue weighted by Crippen LogP contribution is -1.86. The molecule has 0 unspecified atom stereocenters. The SMILES string of the molecule is CCc1cc(-c2cnc[nH]2)c(O)cc1O. The summed E-state index contributed by atoms with van der Waals surface area (Å²) in [5, 5.41) is 19.2. The summed E-state index contributed by atoms with van der Waals surface area (Å²) in [6, 6.07) is 3.12. The summed E-state index contributed by atoms with van der Waals surface area (Å²) in [6.07, 6.45) is 3.89. The lowest BCUT2D eigenvalue weighted by molar-refractivity contribution is 0.447. The normalized spacial score (nSPS) is 10.5. The molecule has 4 heteroatoms. The third-order valence-corrected chi connectivity index (χ3v) is 2.37. The molecule has 0 aliphatic rings. The zero-order valence-corrected chi connectivity index (χ0v) is 8.36. The van der Waals surface area contributed by atoms with Crippen LogP contribution >= 0.6 is 0 Å². The Bertz CT molecular complexity index is 464. The standard InChI is InChI=1S/C11H12N2O2/c1-2-7-3-8(9-5-12-6-13-9)11(15)4-10(7)14/h3-6,14-15H,2H2,1H3,(H,12,13). The summed E-state index contributed by atoms with van der Waals surface area (Å²) in [6.45, 7) is 1.95. The van der Waals surface area contributed by atoms with Crippen molar-refractivity contribution in [1.29, 1.82) is 0 Å². The molecule has 1 heterocycles. The van der Waals surface area contributed by atoms with E-state index >= 15 is 0 Å². The van der Waals surface area contributed by atoms with Crippen LogP contribution in [0.1, 0.15) is 12.5 Å². The summed E-state index contributed by atoms with van der Waals surface area (Å²) < 4.78 is 0. The number of imidazole rings is 1. The molecule has 0 saturated heterocycles. The number of hydrogen-bond donors (Lipinski definition) is 3. The number of aryl methyl sites for hydroxylation is 1. The summed E-state index contributed by atoms with van der Waals surface area (Å²) in [4.78, 5) is 6.80. The van der Waals surface area contributed by atoms with E-state index < -0.39 is 0 Å². The van der Waals surface area contributed by atoms with Gasteiger partial charge in [0.2, 0.25) is 0 Å². The minimum Gasteiger partial charge on any atom is -0.508 e. The predicted molar refractivity (Wildman–Crippen MR) is 56.7 cm³/mol. The monoisotopic (exact) mass is 204 g/mol. The van der Waals surface area contributed by atoms with E-state index in [2.05, 4.69) is 9.97 Å². The third-order valence-electron chi connectivity index (χ3n) is 2.37. The number of nitrogens with one attached hydrogen (secondary N) is 1. The van der Waals surface area contributed by atoms with Crippen molar-refractivity contribution in [1.82, 2.24) is 9.97 Å². The number of aromatic nitrogens is 2. The van der Waals surface area contributed by atoms with Gasteiger partial charge in [0.25, 0.3) is 0 Å². The van der Waals surface area contributed by atoms with Crippen molar-refractivity contribution in [2.24, 2.45) is 0 Å². The quantitative estimate of drug-likeness (QED) is 0.701. The maximum absolute atomic E-state index is 9.68. The van der Waals surface area contributed by atoms with E-state index in [9.17, 15) is 10.2 Å². The van der Waals surface area contributed by atoms with Crippen LogP contribution in [0.3, 0.4) is 0 Å². The molecular weight excluding hydrogens is 192 g/mol. The van der Waals surface area contributed by atoms with Gasteiger partial charge >= 0.3 is 0 Å². The van der Waals surface area contributed by atoms with Crippen LogP contribution in [0.25, 0.3) is 11.3 Å². The van der Waals surface area contributed by atoms with Gasteiger partial charge in [-0.25, -0.2) is 4.98 Å². The second-order valence-corrected chi connectivity index (χ2v) is 3.32. The molecule has 0 spiro atoms. The molecule has 4 nitrogen and oxygen atoms in total. The lowest BCUT2D eigenvalue weighted by Gasteiger charge is -2.07. The Morgan fingerprint density at radius 3 is 2.67 bits per heavy atom. The fourth-order valence-electron chi connectivity index (χ4n) is 1.52. The van der Waals surface area contributed by atoms with E-state index in [0.29, 0.717) is 12.0 Å². The number of aromatic hydroxyl groups is 2. The van der Waals surface area contributed by atoms with Gasteiger partial charge in [-0.3, -0.25) is 0 Å². The molecule has 2 aromatic rings.